The van der Waals surface area contributed by atoms with E-state index < -0.39 is 0 Å². The first-order valence-electron chi connectivity index (χ1n) is 8.19. The van der Waals surface area contributed by atoms with E-state index in [0.717, 1.165) is 16.5 Å². The van der Waals surface area contributed by atoms with Gasteiger partial charge in [-0.05, 0) is 48.9 Å². The molecule has 2 aromatic rings. The van der Waals surface area contributed by atoms with Crippen molar-refractivity contribution in [2.45, 2.75) is 26.1 Å². The highest BCUT2D eigenvalue weighted by atomic mass is 16.5. The van der Waals surface area contributed by atoms with Crippen molar-refractivity contribution in [2.24, 2.45) is 0 Å². The number of benzene rings is 2. The molecule has 0 spiro atoms. The lowest BCUT2D eigenvalue weighted by molar-refractivity contribution is -0.145. The van der Waals surface area contributed by atoms with Gasteiger partial charge < -0.3 is 19.1 Å². The summed E-state index contributed by atoms with van der Waals surface area (Å²) in [4.78, 5) is 14.2. The quantitative estimate of drug-likeness (QED) is 0.865. The van der Waals surface area contributed by atoms with Crippen molar-refractivity contribution in [3.63, 3.8) is 0 Å². The molecule has 1 heterocycles. The fourth-order valence-corrected chi connectivity index (χ4v) is 3.04. The molecule has 0 aromatic heterocycles. The SMILES string of the molecule is COc1ccc2ccc(OCC(=O)N3C[C@H](C)O[C@@H](C)C3)cc2c1. The smallest absolute Gasteiger partial charge is 0.260 e. The van der Waals surface area contributed by atoms with Crippen LogP contribution in [0.3, 0.4) is 0 Å². The predicted molar refractivity (Wildman–Crippen MR) is 92.6 cm³/mol. The molecule has 1 aliphatic heterocycles. The van der Waals surface area contributed by atoms with Gasteiger partial charge in [0, 0.05) is 13.1 Å². The van der Waals surface area contributed by atoms with Crippen LogP contribution in [0.25, 0.3) is 10.8 Å². The van der Waals surface area contributed by atoms with Crippen LogP contribution >= 0.6 is 0 Å². The third-order valence-corrected chi connectivity index (χ3v) is 4.15. The lowest BCUT2D eigenvalue weighted by atomic mass is 10.1. The maximum atomic E-state index is 12.4. The van der Waals surface area contributed by atoms with E-state index in [9.17, 15) is 4.79 Å². The third kappa shape index (κ3) is 3.79. The largest absolute Gasteiger partial charge is 0.497 e. The highest BCUT2D eigenvalue weighted by molar-refractivity contribution is 5.85. The number of fused-ring (bicyclic) bond motifs is 1. The van der Waals surface area contributed by atoms with Crippen molar-refractivity contribution in [3.8, 4) is 11.5 Å². The Morgan fingerprint density at radius 3 is 2.38 bits per heavy atom. The summed E-state index contributed by atoms with van der Waals surface area (Å²) >= 11 is 0. The number of rotatable bonds is 4. The van der Waals surface area contributed by atoms with Crippen LogP contribution in [-0.4, -0.2) is 49.8 Å². The number of nitrogens with zero attached hydrogens (tertiary/aromatic N) is 1. The van der Waals surface area contributed by atoms with Crippen LogP contribution < -0.4 is 9.47 Å². The number of methoxy groups -OCH3 is 1. The van der Waals surface area contributed by atoms with E-state index in [4.69, 9.17) is 14.2 Å². The molecular formula is C19H23NO4. The first-order valence-corrected chi connectivity index (χ1v) is 8.19. The van der Waals surface area contributed by atoms with Crippen LogP contribution in [0.1, 0.15) is 13.8 Å². The van der Waals surface area contributed by atoms with Crippen molar-refractivity contribution in [1.29, 1.82) is 0 Å². The van der Waals surface area contributed by atoms with E-state index in [1.54, 1.807) is 7.11 Å². The molecule has 0 saturated carbocycles. The Kier molecular flexibility index (Phi) is 4.90. The molecule has 1 saturated heterocycles. The molecule has 1 aliphatic rings. The van der Waals surface area contributed by atoms with Crippen LogP contribution in [0.5, 0.6) is 11.5 Å². The van der Waals surface area contributed by atoms with E-state index >= 15 is 0 Å². The second-order valence-corrected chi connectivity index (χ2v) is 6.22. The molecule has 1 amide bonds. The van der Waals surface area contributed by atoms with Crippen molar-refractivity contribution >= 4 is 16.7 Å². The van der Waals surface area contributed by atoms with Gasteiger partial charge in [-0.15, -0.1) is 0 Å². The molecule has 0 aliphatic carbocycles. The Bertz CT molecular complexity index is 720. The van der Waals surface area contributed by atoms with Gasteiger partial charge >= 0.3 is 0 Å². The van der Waals surface area contributed by atoms with Crippen LogP contribution in [0, 0.1) is 0 Å². The van der Waals surface area contributed by atoms with E-state index in [-0.39, 0.29) is 24.7 Å². The summed E-state index contributed by atoms with van der Waals surface area (Å²) < 4.78 is 16.6. The summed E-state index contributed by atoms with van der Waals surface area (Å²) in [6.45, 7) is 5.22. The van der Waals surface area contributed by atoms with Gasteiger partial charge in [-0.3, -0.25) is 4.79 Å². The number of amides is 1. The predicted octanol–water partition coefficient (Wildman–Crippen LogP) is 2.86. The zero-order valence-corrected chi connectivity index (χ0v) is 14.3. The fourth-order valence-electron chi connectivity index (χ4n) is 3.04. The lowest BCUT2D eigenvalue weighted by Gasteiger charge is -2.35. The summed E-state index contributed by atoms with van der Waals surface area (Å²) in [6.07, 6.45) is 0.122. The van der Waals surface area contributed by atoms with Crippen LogP contribution in [0.15, 0.2) is 36.4 Å². The molecular weight excluding hydrogens is 306 g/mol. The third-order valence-electron chi connectivity index (χ3n) is 4.15. The van der Waals surface area contributed by atoms with Gasteiger partial charge in [-0.25, -0.2) is 0 Å². The molecule has 128 valence electrons. The Morgan fingerprint density at radius 1 is 1.08 bits per heavy atom. The summed E-state index contributed by atoms with van der Waals surface area (Å²) in [5.41, 5.74) is 0. The van der Waals surface area contributed by atoms with Gasteiger partial charge in [0.05, 0.1) is 19.3 Å². The van der Waals surface area contributed by atoms with Gasteiger partial charge in [0.2, 0.25) is 0 Å². The molecule has 0 bridgehead atoms. The number of ether oxygens (including phenoxy) is 3. The minimum absolute atomic E-state index is 0.0114. The molecule has 5 heteroatoms. The number of carbonyl (C=O) groups is 1. The van der Waals surface area contributed by atoms with Crippen LogP contribution in [0.4, 0.5) is 0 Å². The number of morpholine rings is 1. The average molecular weight is 329 g/mol. The maximum Gasteiger partial charge on any atom is 0.260 e. The van der Waals surface area contributed by atoms with E-state index in [2.05, 4.69) is 0 Å². The van der Waals surface area contributed by atoms with Crippen molar-refractivity contribution in [2.75, 3.05) is 26.8 Å². The van der Waals surface area contributed by atoms with Crippen LogP contribution in [0.2, 0.25) is 0 Å². The normalized spacial score (nSPS) is 20.9. The van der Waals surface area contributed by atoms with Gasteiger partial charge in [0.15, 0.2) is 6.61 Å². The summed E-state index contributed by atoms with van der Waals surface area (Å²) in [5.74, 6) is 1.47. The van der Waals surface area contributed by atoms with E-state index in [1.807, 2.05) is 55.1 Å². The zero-order chi connectivity index (χ0) is 17.1. The molecule has 24 heavy (non-hydrogen) atoms. The summed E-state index contributed by atoms with van der Waals surface area (Å²) in [6, 6.07) is 11.7. The monoisotopic (exact) mass is 329 g/mol. The van der Waals surface area contributed by atoms with Crippen LogP contribution in [-0.2, 0) is 9.53 Å². The second kappa shape index (κ2) is 7.09. The summed E-state index contributed by atoms with van der Waals surface area (Å²) in [7, 11) is 1.64. The van der Waals surface area contributed by atoms with Crippen molar-refractivity contribution < 1.29 is 19.0 Å². The van der Waals surface area contributed by atoms with E-state index in [0.29, 0.717) is 18.8 Å². The Hall–Kier alpha value is -2.27. The molecule has 2 aromatic carbocycles. The molecule has 2 atom stereocenters. The molecule has 0 N–H and O–H groups in total. The number of hydrogen-bond acceptors (Lipinski definition) is 4. The van der Waals surface area contributed by atoms with Gasteiger partial charge in [0.25, 0.3) is 5.91 Å². The highest BCUT2D eigenvalue weighted by Crippen LogP contribution is 2.25. The highest BCUT2D eigenvalue weighted by Gasteiger charge is 2.25. The molecule has 0 unspecified atom stereocenters. The maximum absolute atomic E-state index is 12.4. The standard InChI is InChI=1S/C19H23NO4/c1-13-10-20(11-14(2)24-13)19(21)12-23-18-7-5-15-4-6-17(22-3)8-16(15)9-18/h4-9,13-14H,10-12H2,1-3H3/t13-,14-/m0/s1. The Balaban J connectivity index is 1.65. The summed E-state index contributed by atoms with van der Waals surface area (Å²) in [5, 5.41) is 2.12. The van der Waals surface area contributed by atoms with Gasteiger partial charge in [0.1, 0.15) is 11.5 Å². The van der Waals surface area contributed by atoms with Gasteiger partial charge in [-0.1, -0.05) is 12.1 Å². The Labute approximate surface area is 142 Å². The first kappa shape index (κ1) is 16.6. The lowest BCUT2D eigenvalue weighted by Crippen LogP contribution is -2.49. The minimum Gasteiger partial charge on any atom is -0.497 e. The molecule has 5 nitrogen and oxygen atoms in total. The average Bonchev–Trinajstić information content (AvgIpc) is 2.58. The molecule has 1 fully saturated rings. The first-order chi connectivity index (χ1) is 11.5. The zero-order valence-electron chi connectivity index (χ0n) is 14.3. The Morgan fingerprint density at radius 2 is 1.71 bits per heavy atom. The van der Waals surface area contributed by atoms with E-state index in [1.165, 1.54) is 0 Å². The topological polar surface area (TPSA) is 48.0 Å². The van der Waals surface area contributed by atoms with Crippen molar-refractivity contribution in [3.05, 3.63) is 36.4 Å². The molecule has 3 rings (SSSR count). The number of carbonyl (C=O) groups excluding carboxylic acids is 1. The second-order valence-electron chi connectivity index (χ2n) is 6.22. The van der Waals surface area contributed by atoms with Gasteiger partial charge in [-0.2, -0.15) is 0 Å². The fraction of sp³-hybridized carbons (Fsp3) is 0.421. The molecule has 0 radical (unpaired) electrons. The van der Waals surface area contributed by atoms with Crippen molar-refractivity contribution in [1.82, 2.24) is 4.90 Å². The minimum atomic E-state index is -0.0114. The number of hydrogen-bond donors (Lipinski definition) is 0.